The average Bonchev–Trinajstić information content (AvgIpc) is 2.73. The normalized spacial score (nSPS) is 11.1. The third-order valence-electron chi connectivity index (χ3n) is 5.01. The smallest absolute Gasteiger partial charge is 0.124 e. The van der Waals surface area contributed by atoms with Gasteiger partial charge in [0.05, 0.1) is 17.1 Å². The van der Waals surface area contributed by atoms with Crippen LogP contribution >= 0.6 is 0 Å². The van der Waals surface area contributed by atoms with Gasteiger partial charge in [0.2, 0.25) is 0 Å². The van der Waals surface area contributed by atoms with Crippen LogP contribution in [0.5, 0.6) is 5.75 Å². The zero-order valence-corrected chi connectivity index (χ0v) is 14.3. The molecular weight excluding hydrogens is 332 g/mol. The predicted octanol–water partition coefficient (Wildman–Crippen LogP) is 5.79. The van der Waals surface area contributed by atoms with E-state index in [2.05, 4.69) is 29.3 Å². The molecule has 0 fully saturated rings. The molecule has 0 atom stereocenters. The summed E-state index contributed by atoms with van der Waals surface area (Å²) in [6.07, 6.45) is 1.79. The molecule has 27 heavy (non-hydrogen) atoms. The molecule has 1 aromatic heterocycles. The number of hydrogen-bond acceptors (Lipinski definition) is 3. The van der Waals surface area contributed by atoms with Crippen LogP contribution in [0, 0.1) is 11.3 Å². The fraction of sp³-hybridized carbons (Fsp3) is 0. The SMILES string of the molecule is N#Cc1ccc2c(-c3cccc4ccc5cccnc5c34)c(O)ccc2c1. The Bertz CT molecular complexity index is 1400. The molecule has 0 saturated heterocycles. The number of benzene rings is 4. The Morgan fingerprint density at radius 3 is 2.52 bits per heavy atom. The summed E-state index contributed by atoms with van der Waals surface area (Å²) >= 11 is 0. The van der Waals surface area contributed by atoms with E-state index < -0.39 is 0 Å². The summed E-state index contributed by atoms with van der Waals surface area (Å²) in [5.74, 6) is 0.215. The van der Waals surface area contributed by atoms with Crippen LogP contribution in [0.1, 0.15) is 5.56 Å². The summed E-state index contributed by atoms with van der Waals surface area (Å²) in [4.78, 5) is 4.61. The summed E-state index contributed by atoms with van der Waals surface area (Å²) in [6, 6.07) is 25.4. The quantitative estimate of drug-likeness (QED) is 0.391. The minimum atomic E-state index is 0.215. The fourth-order valence-corrected chi connectivity index (χ4v) is 3.79. The molecule has 4 aromatic carbocycles. The molecule has 0 bridgehead atoms. The molecular formula is C24H14N2O. The van der Waals surface area contributed by atoms with Gasteiger partial charge in [-0.3, -0.25) is 4.98 Å². The lowest BCUT2D eigenvalue weighted by Gasteiger charge is -2.14. The van der Waals surface area contributed by atoms with Gasteiger partial charge in [-0.05, 0) is 46.0 Å². The Labute approximate surface area is 155 Å². The van der Waals surface area contributed by atoms with E-state index in [1.807, 2.05) is 42.5 Å². The summed E-state index contributed by atoms with van der Waals surface area (Å²) in [7, 11) is 0. The van der Waals surface area contributed by atoms with Gasteiger partial charge in [0.25, 0.3) is 0 Å². The number of phenols is 1. The van der Waals surface area contributed by atoms with E-state index in [0.29, 0.717) is 5.56 Å². The highest BCUT2D eigenvalue weighted by atomic mass is 16.3. The summed E-state index contributed by atoms with van der Waals surface area (Å²) in [6.45, 7) is 0. The van der Waals surface area contributed by atoms with Crippen LogP contribution < -0.4 is 0 Å². The van der Waals surface area contributed by atoms with Gasteiger partial charge in [-0.15, -0.1) is 0 Å². The molecule has 0 aliphatic carbocycles. The second-order valence-corrected chi connectivity index (χ2v) is 6.55. The standard InChI is InChI=1S/C24H14N2O/c25-14-15-6-10-19-18(13-15)9-11-21(27)23(19)20-5-1-3-16-7-8-17-4-2-12-26-24(17)22(16)20/h1-13,27H. The van der Waals surface area contributed by atoms with Gasteiger partial charge in [0.1, 0.15) is 5.75 Å². The van der Waals surface area contributed by atoms with Crippen molar-refractivity contribution in [3.63, 3.8) is 0 Å². The second-order valence-electron chi connectivity index (χ2n) is 6.55. The Morgan fingerprint density at radius 1 is 0.815 bits per heavy atom. The van der Waals surface area contributed by atoms with Crippen LogP contribution in [0.25, 0.3) is 43.6 Å². The lowest BCUT2D eigenvalue weighted by atomic mass is 9.91. The van der Waals surface area contributed by atoms with Gasteiger partial charge in [-0.2, -0.15) is 5.26 Å². The maximum absolute atomic E-state index is 10.7. The number of hydrogen-bond donors (Lipinski definition) is 1. The largest absolute Gasteiger partial charge is 0.507 e. The first-order valence-electron chi connectivity index (χ1n) is 8.69. The number of pyridine rings is 1. The monoisotopic (exact) mass is 346 g/mol. The van der Waals surface area contributed by atoms with Crippen LogP contribution in [0.2, 0.25) is 0 Å². The van der Waals surface area contributed by atoms with Crippen molar-refractivity contribution in [2.75, 3.05) is 0 Å². The van der Waals surface area contributed by atoms with Crippen molar-refractivity contribution in [3.05, 3.63) is 84.6 Å². The first kappa shape index (κ1) is 15.4. The number of aromatic hydroxyl groups is 1. The van der Waals surface area contributed by atoms with E-state index in [0.717, 1.165) is 43.6 Å². The molecule has 0 aliphatic heterocycles. The number of phenolic OH excluding ortho intramolecular Hbond substituents is 1. The Morgan fingerprint density at radius 2 is 1.63 bits per heavy atom. The van der Waals surface area contributed by atoms with E-state index >= 15 is 0 Å². The molecule has 5 rings (SSSR count). The molecule has 0 spiro atoms. The molecule has 126 valence electrons. The number of aromatic nitrogens is 1. The maximum Gasteiger partial charge on any atom is 0.124 e. The maximum atomic E-state index is 10.7. The molecule has 3 nitrogen and oxygen atoms in total. The minimum absolute atomic E-state index is 0.215. The van der Waals surface area contributed by atoms with E-state index in [-0.39, 0.29) is 5.75 Å². The summed E-state index contributed by atoms with van der Waals surface area (Å²) in [5.41, 5.74) is 3.21. The van der Waals surface area contributed by atoms with E-state index in [1.165, 1.54) is 0 Å². The number of rotatable bonds is 1. The van der Waals surface area contributed by atoms with Crippen molar-refractivity contribution in [1.82, 2.24) is 4.98 Å². The summed E-state index contributed by atoms with van der Waals surface area (Å²) in [5, 5.41) is 24.9. The predicted molar refractivity (Wildman–Crippen MR) is 109 cm³/mol. The first-order valence-corrected chi connectivity index (χ1v) is 8.69. The number of nitriles is 1. The van der Waals surface area contributed by atoms with Crippen molar-refractivity contribution < 1.29 is 5.11 Å². The van der Waals surface area contributed by atoms with E-state index in [9.17, 15) is 10.4 Å². The average molecular weight is 346 g/mol. The van der Waals surface area contributed by atoms with Crippen LogP contribution in [-0.2, 0) is 0 Å². The fourth-order valence-electron chi connectivity index (χ4n) is 3.79. The highest BCUT2D eigenvalue weighted by Crippen LogP contribution is 2.41. The van der Waals surface area contributed by atoms with Crippen LogP contribution in [0.15, 0.2) is 79.0 Å². The molecule has 5 aromatic rings. The Balaban J connectivity index is 1.96. The van der Waals surface area contributed by atoms with Crippen LogP contribution in [-0.4, -0.2) is 10.1 Å². The number of fused-ring (bicyclic) bond motifs is 4. The molecule has 3 heteroatoms. The second kappa shape index (κ2) is 5.82. The van der Waals surface area contributed by atoms with Crippen molar-refractivity contribution in [2.24, 2.45) is 0 Å². The molecule has 1 N–H and O–H groups in total. The third-order valence-corrected chi connectivity index (χ3v) is 5.01. The lowest BCUT2D eigenvalue weighted by molar-refractivity contribution is 0.478. The Kier molecular flexibility index (Phi) is 3.31. The van der Waals surface area contributed by atoms with Crippen molar-refractivity contribution >= 4 is 32.4 Å². The molecule has 0 unspecified atom stereocenters. The lowest BCUT2D eigenvalue weighted by Crippen LogP contribution is -1.89. The highest BCUT2D eigenvalue weighted by Gasteiger charge is 2.15. The zero-order chi connectivity index (χ0) is 18.4. The van der Waals surface area contributed by atoms with Crippen LogP contribution in [0.3, 0.4) is 0 Å². The van der Waals surface area contributed by atoms with Crippen molar-refractivity contribution in [1.29, 1.82) is 5.26 Å². The van der Waals surface area contributed by atoms with Gasteiger partial charge < -0.3 is 5.11 Å². The third kappa shape index (κ3) is 2.32. The van der Waals surface area contributed by atoms with E-state index in [1.54, 1.807) is 18.3 Å². The molecule has 0 amide bonds. The molecule has 0 saturated carbocycles. The highest BCUT2D eigenvalue weighted by molar-refractivity contribution is 6.16. The zero-order valence-electron chi connectivity index (χ0n) is 14.3. The van der Waals surface area contributed by atoms with Gasteiger partial charge in [0.15, 0.2) is 0 Å². The molecule has 1 heterocycles. The Hall–Kier alpha value is -3.90. The van der Waals surface area contributed by atoms with Crippen LogP contribution in [0.4, 0.5) is 0 Å². The van der Waals surface area contributed by atoms with Crippen molar-refractivity contribution in [3.8, 4) is 22.9 Å². The van der Waals surface area contributed by atoms with Gasteiger partial charge in [0, 0.05) is 22.5 Å². The molecule has 0 aliphatic rings. The van der Waals surface area contributed by atoms with E-state index in [4.69, 9.17) is 0 Å². The topological polar surface area (TPSA) is 56.9 Å². The van der Waals surface area contributed by atoms with Crippen molar-refractivity contribution in [2.45, 2.75) is 0 Å². The molecule has 0 radical (unpaired) electrons. The van der Waals surface area contributed by atoms with Gasteiger partial charge >= 0.3 is 0 Å². The summed E-state index contributed by atoms with van der Waals surface area (Å²) < 4.78 is 0. The van der Waals surface area contributed by atoms with Gasteiger partial charge in [-0.25, -0.2) is 0 Å². The van der Waals surface area contributed by atoms with Gasteiger partial charge in [-0.1, -0.05) is 48.5 Å². The first-order chi connectivity index (χ1) is 13.3. The minimum Gasteiger partial charge on any atom is -0.507 e. The number of nitrogens with zero attached hydrogens (tertiary/aromatic N) is 2.